The Morgan fingerprint density at radius 3 is 2.41 bits per heavy atom. The number of hydrogen-bond acceptors (Lipinski definition) is 3. The van der Waals surface area contributed by atoms with Crippen molar-refractivity contribution in [1.82, 2.24) is 15.3 Å². The number of amides is 1. The fraction of sp³-hybridized carbons (Fsp3) is 0.722. The molecule has 1 aromatic rings. The van der Waals surface area contributed by atoms with Crippen LogP contribution in [0.5, 0.6) is 0 Å². The molecule has 0 aliphatic heterocycles. The van der Waals surface area contributed by atoms with Gasteiger partial charge in [-0.25, -0.2) is 0 Å². The van der Waals surface area contributed by atoms with Gasteiger partial charge in [-0.05, 0) is 61.7 Å². The van der Waals surface area contributed by atoms with Crippen LogP contribution in [0.4, 0.5) is 0 Å². The van der Waals surface area contributed by atoms with Crippen LogP contribution >= 0.6 is 0 Å². The summed E-state index contributed by atoms with van der Waals surface area (Å²) in [7, 11) is 0. The molecule has 4 aliphatic carbocycles. The monoisotopic (exact) mass is 299 g/mol. The van der Waals surface area contributed by atoms with Gasteiger partial charge < -0.3 is 5.32 Å². The van der Waals surface area contributed by atoms with Crippen LogP contribution in [0.2, 0.25) is 0 Å². The number of nitrogens with zero attached hydrogens (tertiary/aromatic N) is 2. The van der Waals surface area contributed by atoms with Crippen molar-refractivity contribution in [2.75, 3.05) is 6.54 Å². The van der Waals surface area contributed by atoms with E-state index in [0.29, 0.717) is 12.0 Å². The van der Waals surface area contributed by atoms with E-state index in [1.54, 1.807) is 18.6 Å². The zero-order valence-corrected chi connectivity index (χ0v) is 13.1. The first kappa shape index (κ1) is 14.2. The van der Waals surface area contributed by atoms with Gasteiger partial charge in [0, 0.05) is 38.0 Å². The predicted octanol–water partition coefficient (Wildman–Crippen LogP) is 2.74. The van der Waals surface area contributed by atoms with Crippen molar-refractivity contribution in [1.29, 1.82) is 0 Å². The average molecular weight is 299 g/mol. The third-order valence-corrected chi connectivity index (χ3v) is 6.02. The maximum Gasteiger partial charge on any atom is 0.220 e. The third kappa shape index (κ3) is 2.88. The highest BCUT2D eigenvalue weighted by Gasteiger charge is 2.51. The number of nitrogens with one attached hydrogen (secondary N) is 1. The lowest BCUT2D eigenvalue weighted by molar-refractivity contribution is -0.129. The first-order valence-electron chi connectivity index (χ1n) is 8.72. The second-order valence-corrected chi connectivity index (χ2v) is 7.89. The highest BCUT2D eigenvalue weighted by Crippen LogP contribution is 2.61. The Balaban J connectivity index is 1.29. The largest absolute Gasteiger partial charge is 0.356 e. The lowest BCUT2D eigenvalue weighted by Crippen LogP contribution is -2.48. The minimum atomic E-state index is 0.242. The molecular formula is C18H25N3O. The van der Waals surface area contributed by atoms with Gasteiger partial charge in [0.25, 0.3) is 0 Å². The average Bonchev–Trinajstić information content (AvgIpc) is 2.46. The lowest BCUT2D eigenvalue weighted by Gasteiger charge is -2.56. The van der Waals surface area contributed by atoms with Crippen molar-refractivity contribution in [2.24, 2.45) is 23.2 Å². The van der Waals surface area contributed by atoms with E-state index in [9.17, 15) is 4.79 Å². The van der Waals surface area contributed by atoms with Crippen LogP contribution in [0.3, 0.4) is 0 Å². The predicted molar refractivity (Wildman–Crippen MR) is 84.0 cm³/mol. The van der Waals surface area contributed by atoms with Gasteiger partial charge in [0.1, 0.15) is 0 Å². The Bertz CT molecular complexity index is 507. The maximum atomic E-state index is 12.4. The molecule has 4 saturated carbocycles. The lowest BCUT2D eigenvalue weighted by atomic mass is 9.49. The van der Waals surface area contributed by atoms with Crippen molar-refractivity contribution in [3.05, 3.63) is 24.3 Å². The van der Waals surface area contributed by atoms with Crippen LogP contribution in [0.1, 0.15) is 50.6 Å². The molecule has 4 heteroatoms. The molecule has 0 aromatic carbocycles. The van der Waals surface area contributed by atoms with E-state index in [4.69, 9.17) is 0 Å². The van der Waals surface area contributed by atoms with Crippen LogP contribution in [0.25, 0.3) is 0 Å². The summed E-state index contributed by atoms with van der Waals surface area (Å²) in [5, 5.41) is 3.10. The molecule has 0 unspecified atom stereocenters. The van der Waals surface area contributed by atoms with Gasteiger partial charge in [0.05, 0.1) is 5.69 Å². The van der Waals surface area contributed by atoms with E-state index in [1.165, 1.54) is 38.5 Å². The van der Waals surface area contributed by atoms with Crippen molar-refractivity contribution >= 4 is 5.91 Å². The maximum absolute atomic E-state index is 12.4. The Hall–Kier alpha value is -1.45. The number of aromatic nitrogens is 2. The molecule has 4 aliphatic rings. The first-order chi connectivity index (χ1) is 10.7. The van der Waals surface area contributed by atoms with Crippen LogP contribution < -0.4 is 5.32 Å². The Labute approximate surface area is 132 Å². The minimum Gasteiger partial charge on any atom is -0.356 e. The molecule has 4 fully saturated rings. The zero-order chi connectivity index (χ0) is 15.0. The van der Waals surface area contributed by atoms with Gasteiger partial charge in [0.15, 0.2) is 0 Å². The van der Waals surface area contributed by atoms with Gasteiger partial charge in [0.2, 0.25) is 5.91 Å². The topological polar surface area (TPSA) is 54.9 Å². The second kappa shape index (κ2) is 5.64. The standard InChI is InChI=1S/C18H25N3O/c22-17(21-2-1-16-12-19-3-4-20-16)11-18-8-13-5-14(9-18)7-15(6-13)10-18/h3-4,12-15H,1-2,5-11H2,(H,21,22). The van der Waals surface area contributed by atoms with E-state index < -0.39 is 0 Å². The van der Waals surface area contributed by atoms with Gasteiger partial charge in [-0.15, -0.1) is 0 Å². The van der Waals surface area contributed by atoms with E-state index in [0.717, 1.165) is 36.3 Å². The Morgan fingerprint density at radius 2 is 1.82 bits per heavy atom. The molecule has 22 heavy (non-hydrogen) atoms. The summed E-state index contributed by atoms with van der Waals surface area (Å²) in [6.45, 7) is 0.671. The number of carbonyl (C=O) groups is 1. The van der Waals surface area contributed by atoms with E-state index in [2.05, 4.69) is 15.3 Å². The smallest absolute Gasteiger partial charge is 0.220 e. The normalized spacial score (nSPS) is 35.5. The summed E-state index contributed by atoms with van der Waals surface area (Å²) in [4.78, 5) is 20.7. The minimum absolute atomic E-state index is 0.242. The molecular weight excluding hydrogens is 274 g/mol. The molecule has 0 atom stereocenters. The van der Waals surface area contributed by atoms with Gasteiger partial charge in [-0.1, -0.05) is 0 Å². The number of carbonyl (C=O) groups excluding carboxylic acids is 1. The van der Waals surface area contributed by atoms with E-state index >= 15 is 0 Å². The van der Waals surface area contributed by atoms with Crippen LogP contribution in [-0.2, 0) is 11.2 Å². The summed E-state index contributed by atoms with van der Waals surface area (Å²) < 4.78 is 0. The van der Waals surface area contributed by atoms with E-state index in [1.807, 2.05) is 0 Å². The summed E-state index contributed by atoms with van der Waals surface area (Å²) in [5.74, 6) is 2.99. The Morgan fingerprint density at radius 1 is 1.14 bits per heavy atom. The van der Waals surface area contributed by atoms with Gasteiger partial charge >= 0.3 is 0 Å². The number of hydrogen-bond donors (Lipinski definition) is 1. The molecule has 0 saturated heterocycles. The van der Waals surface area contributed by atoms with Crippen LogP contribution in [0, 0.1) is 23.2 Å². The molecule has 0 radical (unpaired) electrons. The fourth-order valence-corrected chi connectivity index (χ4v) is 5.70. The third-order valence-electron chi connectivity index (χ3n) is 6.02. The molecule has 4 bridgehead atoms. The summed E-state index contributed by atoms with van der Waals surface area (Å²) in [6.07, 6.45) is 14.9. The van der Waals surface area contributed by atoms with Crippen molar-refractivity contribution in [3.63, 3.8) is 0 Å². The second-order valence-electron chi connectivity index (χ2n) is 7.89. The summed E-state index contributed by atoms with van der Waals surface area (Å²) >= 11 is 0. The highest BCUT2D eigenvalue weighted by molar-refractivity contribution is 5.76. The molecule has 1 N–H and O–H groups in total. The zero-order valence-electron chi connectivity index (χ0n) is 13.1. The number of rotatable bonds is 5. The van der Waals surface area contributed by atoms with Crippen molar-refractivity contribution in [2.45, 2.75) is 51.4 Å². The summed E-state index contributed by atoms with van der Waals surface area (Å²) in [5.41, 5.74) is 1.28. The van der Waals surface area contributed by atoms with E-state index in [-0.39, 0.29) is 5.91 Å². The van der Waals surface area contributed by atoms with Gasteiger partial charge in [-0.2, -0.15) is 0 Å². The molecule has 5 rings (SSSR count). The molecule has 1 heterocycles. The SMILES string of the molecule is O=C(CC12CC3CC(CC(C3)C1)C2)NCCc1cnccn1. The van der Waals surface area contributed by atoms with Crippen molar-refractivity contribution < 1.29 is 4.79 Å². The van der Waals surface area contributed by atoms with Crippen LogP contribution in [-0.4, -0.2) is 22.4 Å². The highest BCUT2D eigenvalue weighted by atomic mass is 16.1. The fourth-order valence-electron chi connectivity index (χ4n) is 5.70. The van der Waals surface area contributed by atoms with Crippen molar-refractivity contribution in [3.8, 4) is 0 Å². The summed E-state index contributed by atoms with van der Waals surface area (Å²) in [6, 6.07) is 0. The molecule has 0 spiro atoms. The quantitative estimate of drug-likeness (QED) is 0.909. The molecule has 1 aromatic heterocycles. The first-order valence-corrected chi connectivity index (χ1v) is 8.72. The molecule has 1 amide bonds. The molecule has 118 valence electrons. The Kier molecular flexibility index (Phi) is 3.63. The van der Waals surface area contributed by atoms with Crippen LogP contribution in [0.15, 0.2) is 18.6 Å². The van der Waals surface area contributed by atoms with Gasteiger partial charge in [-0.3, -0.25) is 14.8 Å². The molecule has 4 nitrogen and oxygen atoms in total.